The summed E-state index contributed by atoms with van der Waals surface area (Å²) in [5.41, 5.74) is 9.72. The zero-order valence-corrected chi connectivity index (χ0v) is 27.2. The number of rotatable bonds is 5. The molecule has 0 bridgehead atoms. The highest BCUT2D eigenvalue weighted by Gasteiger charge is 2.19. The van der Waals surface area contributed by atoms with E-state index >= 15 is 0 Å². The van der Waals surface area contributed by atoms with Crippen molar-refractivity contribution in [3.63, 3.8) is 0 Å². The van der Waals surface area contributed by atoms with Gasteiger partial charge in [-0.3, -0.25) is 0 Å². The first-order chi connectivity index (χ1) is 23.0. The minimum atomic E-state index is -1.02. The number of aromatic nitrogens is 3. The van der Waals surface area contributed by atoms with Crippen molar-refractivity contribution in [3.05, 3.63) is 112 Å². The SMILES string of the molecule is Cc1cc(C)c2nc(-c3cc4ccc(-c5ccc6sc(-c7cc(C(=O)O)c8cc(C)cc(C)c8n7)nc6c5)cc4o3)cc(C(=O)O)c2c1. The Bertz CT molecular complexity index is 2500. The number of aryl methyl sites for hydroxylation is 4. The maximum atomic E-state index is 12.2. The van der Waals surface area contributed by atoms with Gasteiger partial charge in [-0.25, -0.2) is 24.5 Å². The standard InChI is InChI=1S/C39H27N3O5S/c1-18-9-20(3)35-25(11-18)27(38(43)44)16-29(40-35)33-15-24-6-5-23(14-32(24)47-33)22-7-8-34-30(13-22)42-37(48-34)31-17-28(39(45)46)26-12-19(2)10-21(4)36(26)41-31/h5-17H,1-4H3,(H,43,44)(H,45,46). The maximum absolute atomic E-state index is 12.2. The van der Waals surface area contributed by atoms with E-state index in [4.69, 9.17) is 19.4 Å². The Morgan fingerprint density at radius 3 is 1.88 bits per heavy atom. The van der Waals surface area contributed by atoms with Crippen molar-refractivity contribution in [2.45, 2.75) is 27.7 Å². The van der Waals surface area contributed by atoms with Crippen LogP contribution in [-0.2, 0) is 0 Å². The number of nitrogens with zero attached hydrogens (tertiary/aromatic N) is 3. The van der Waals surface area contributed by atoms with Gasteiger partial charge < -0.3 is 14.6 Å². The predicted octanol–water partition coefficient (Wildman–Crippen LogP) is 9.77. The zero-order valence-electron chi connectivity index (χ0n) is 26.4. The van der Waals surface area contributed by atoms with E-state index in [0.717, 1.165) is 49.0 Å². The van der Waals surface area contributed by atoms with Gasteiger partial charge in [0.15, 0.2) is 5.76 Å². The topological polar surface area (TPSA) is 126 Å². The molecule has 8 rings (SSSR count). The predicted molar refractivity (Wildman–Crippen MR) is 189 cm³/mol. The third-order valence-corrected chi connectivity index (χ3v) is 9.73. The van der Waals surface area contributed by atoms with Crippen LogP contribution >= 0.6 is 11.3 Å². The first-order valence-corrected chi connectivity index (χ1v) is 16.1. The number of aromatic carboxylic acids is 2. The fraction of sp³-hybridized carbons (Fsp3) is 0.103. The Kier molecular flexibility index (Phi) is 6.64. The zero-order chi connectivity index (χ0) is 33.4. The van der Waals surface area contributed by atoms with Crippen LogP contribution in [-0.4, -0.2) is 37.1 Å². The molecule has 8 aromatic rings. The minimum absolute atomic E-state index is 0.183. The molecule has 0 atom stereocenters. The lowest BCUT2D eigenvalue weighted by Gasteiger charge is -2.09. The number of furan rings is 1. The van der Waals surface area contributed by atoms with Gasteiger partial charge in [0.1, 0.15) is 22.0 Å². The molecule has 234 valence electrons. The highest BCUT2D eigenvalue weighted by Crippen LogP contribution is 2.37. The molecule has 4 heterocycles. The van der Waals surface area contributed by atoms with E-state index in [1.165, 1.54) is 11.3 Å². The van der Waals surface area contributed by atoms with Crippen LogP contribution in [0, 0.1) is 27.7 Å². The smallest absolute Gasteiger partial charge is 0.336 e. The molecule has 0 spiro atoms. The molecule has 4 aromatic carbocycles. The minimum Gasteiger partial charge on any atom is -0.478 e. The molecule has 4 aromatic heterocycles. The fourth-order valence-electron chi connectivity index (χ4n) is 6.50. The van der Waals surface area contributed by atoms with E-state index in [1.807, 2.05) is 94.4 Å². The van der Waals surface area contributed by atoms with Gasteiger partial charge in [0.05, 0.1) is 32.4 Å². The molecule has 0 aliphatic carbocycles. The first kappa shape index (κ1) is 29.5. The van der Waals surface area contributed by atoms with Gasteiger partial charge in [-0.15, -0.1) is 11.3 Å². The summed E-state index contributed by atoms with van der Waals surface area (Å²) in [6.45, 7) is 7.75. The van der Waals surface area contributed by atoms with Gasteiger partial charge in [-0.1, -0.05) is 41.5 Å². The molecule has 0 saturated heterocycles. The van der Waals surface area contributed by atoms with Gasteiger partial charge in [-0.05, 0) is 98.5 Å². The fourth-order valence-corrected chi connectivity index (χ4v) is 7.41. The van der Waals surface area contributed by atoms with Gasteiger partial charge in [-0.2, -0.15) is 0 Å². The first-order valence-electron chi connectivity index (χ1n) is 15.3. The van der Waals surface area contributed by atoms with Crippen LogP contribution in [0.2, 0.25) is 0 Å². The third kappa shape index (κ3) is 4.87. The normalized spacial score (nSPS) is 11.7. The third-order valence-electron chi connectivity index (χ3n) is 8.67. The average molecular weight is 650 g/mol. The second-order valence-electron chi connectivity index (χ2n) is 12.2. The van der Waals surface area contributed by atoms with Crippen LogP contribution in [0.4, 0.5) is 0 Å². The van der Waals surface area contributed by atoms with E-state index < -0.39 is 11.9 Å². The van der Waals surface area contributed by atoms with Crippen molar-refractivity contribution in [3.8, 4) is 33.3 Å². The maximum Gasteiger partial charge on any atom is 0.336 e. The van der Waals surface area contributed by atoms with Crippen molar-refractivity contribution < 1.29 is 24.2 Å². The van der Waals surface area contributed by atoms with Crippen LogP contribution in [0.25, 0.3) is 76.3 Å². The van der Waals surface area contributed by atoms with Crippen LogP contribution < -0.4 is 0 Å². The van der Waals surface area contributed by atoms with Gasteiger partial charge in [0.2, 0.25) is 0 Å². The number of hydrogen-bond donors (Lipinski definition) is 2. The molecule has 0 aliphatic rings. The van der Waals surface area contributed by atoms with E-state index in [1.54, 1.807) is 12.1 Å². The summed E-state index contributed by atoms with van der Waals surface area (Å²) in [6, 6.07) is 24.7. The molecule has 0 amide bonds. The molecule has 2 N–H and O–H groups in total. The van der Waals surface area contributed by atoms with Gasteiger partial charge in [0, 0.05) is 16.2 Å². The number of carboxylic acid groups (broad SMARTS) is 2. The number of hydrogen-bond acceptors (Lipinski definition) is 7. The van der Waals surface area contributed by atoms with Crippen LogP contribution in [0.3, 0.4) is 0 Å². The van der Waals surface area contributed by atoms with E-state index in [-0.39, 0.29) is 11.1 Å². The molecule has 0 radical (unpaired) electrons. The number of carboxylic acids is 2. The van der Waals surface area contributed by atoms with Crippen molar-refractivity contribution in [1.29, 1.82) is 0 Å². The lowest BCUT2D eigenvalue weighted by Crippen LogP contribution is -2.01. The van der Waals surface area contributed by atoms with Crippen LogP contribution in [0.15, 0.2) is 83.3 Å². The highest BCUT2D eigenvalue weighted by molar-refractivity contribution is 7.21. The molecule has 8 nitrogen and oxygen atoms in total. The Morgan fingerprint density at radius 2 is 1.23 bits per heavy atom. The number of carbonyl (C=O) groups is 2. The molecular formula is C39H27N3O5S. The Labute approximate surface area is 278 Å². The summed E-state index contributed by atoms with van der Waals surface area (Å²) >= 11 is 1.47. The lowest BCUT2D eigenvalue weighted by atomic mass is 10.0. The average Bonchev–Trinajstić information content (AvgIpc) is 3.67. The van der Waals surface area contributed by atoms with E-state index in [0.29, 0.717) is 49.5 Å². The summed E-state index contributed by atoms with van der Waals surface area (Å²) in [7, 11) is 0. The molecular weight excluding hydrogens is 623 g/mol. The largest absolute Gasteiger partial charge is 0.478 e. The quantitative estimate of drug-likeness (QED) is 0.189. The summed E-state index contributed by atoms with van der Waals surface area (Å²) in [4.78, 5) is 38.9. The monoisotopic (exact) mass is 649 g/mol. The highest BCUT2D eigenvalue weighted by atomic mass is 32.1. The summed E-state index contributed by atoms with van der Waals surface area (Å²) in [5, 5.41) is 22.7. The van der Waals surface area contributed by atoms with Crippen LogP contribution in [0.5, 0.6) is 0 Å². The Hall–Kier alpha value is -5.93. The summed E-state index contributed by atoms with van der Waals surface area (Å²) in [5.74, 6) is -1.53. The molecule has 0 fully saturated rings. The van der Waals surface area contributed by atoms with E-state index in [2.05, 4.69) is 0 Å². The van der Waals surface area contributed by atoms with Crippen molar-refractivity contribution in [1.82, 2.24) is 15.0 Å². The molecule has 0 unspecified atom stereocenters. The molecule has 48 heavy (non-hydrogen) atoms. The lowest BCUT2D eigenvalue weighted by molar-refractivity contribution is 0.0688. The van der Waals surface area contributed by atoms with Crippen molar-refractivity contribution >= 4 is 66.3 Å². The Balaban J connectivity index is 1.18. The number of benzene rings is 4. The second kappa shape index (κ2) is 10.8. The molecule has 0 aliphatic heterocycles. The summed E-state index contributed by atoms with van der Waals surface area (Å²) in [6.07, 6.45) is 0. The van der Waals surface area contributed by atoms with Crippen molar-refractivity contribution in [2.75, 3.05) is 0 Å². The van der Waals surface area contributed by atoms with Crippen LogP contribution in [0.1, 0.15) is 43.0 Å². The summed E-state index contributed by atoms with van der Waals surface area (Å²) < 4.78 is 7.23. The number of fused-ring (bicyclic) bond motifs is 4. The van der Waals surface area contributed by atoms with Gasteiger partial charge >= 0.3 is 11.9 Å². The number of thiazole rings is 1. The Morgan fingerprint density at radius 1 is 0.646 bits per heavy atom. The second-order valence-corrected chi connectivity index (χ2v) is 13.3. The van der Waals surface area contributed by atoms with Gasteiger partial charge in [0.25, 0.3) is 0 Å². The molecule has 9 heteroatoms. The van der Waals surface area contributed by atoms with Crippen molar-refractivity contribution in [2.24, 2.45) is 0 Å². The molecule has 0 saturated carbocycles. The van der Waals surface area contributed by atoms with E-state index in [9.17, 15) is 19.8 Å². The number of pyridine rings is 2.